The van der Waals surface area contributed by atoms with Crippen LogP contribution in [0.1, 0.15) is 15.2 Å². The van der Waals surface area contributed by atoms with E-state index >= 15 is 0 Å². The fourth-order valence-corrected chi connectivity index (χ4v) is 3.16. The smallest absolute Gasteiger partial charge is 0.339 e. The molecule has 0 saturated carbocycles. The number of nitrogens with one attached hydrogen (secondary N) is 1. The standard InChI is InChI=1S/C12H9BrClNO2S/c13-7-4-8(18-6-7)5-15-10-3-1-2-9(14)11(10)12(16)17/h1-4,6,15H,5H2,(H,16,17). The highest BCUT2D eigenvalue weighted by molar-refractivity contribution is 9.10. The predicted molar refractivity (Wildman–Crippen MR) is 77.8 cm³/mol. The average Bonchev–Trinajstić information content (AvgIpc) is 2.72. The Bertz CT molecular complexity index is 585. The van der Waals surface area contributed by atoms with Crippen LogP contribution in [0, 0.1) is 0 Å². The molecule has 0 saturated heterocycles. The van der Waals surface area contributed by atoms with E-state index in [9.17, 15) is 4.79 Å². The maximum atomic E-state index is 11.1. The van der Waals surface area contributed by atoms with Crippen LogP contribution < -0.4 is 5.32 Å². The molecule has 94 valence electrons. The van der Waals surface area contributed by atoms with Crippen LogP contribution in [0.4, 0.5) is 5.69 Å². The third-order valence-corrected chi connectivity index (χ3v) is 4.31. The van der Waals surface area contributed by atoms with Crippen molar-refractivity contribution in [1.29, 1.82) is 0 Å². The van der Waals surface area contributed by atoms with E-state index in [4.69, 9.17) is 16.7 Å². The van der Waals surface area contributed by atoms with Gasteiger partial charge in [0.25, 0.3) is 0 Å². The molecule has 3 nitrogen and oxygen atoms in total. The molecule has 2 aromatic rings. The third-order valence-electron chi connectivity index (χ3n) is 2.30. The molecule has 1 aromatic carbocycles. The number of rotatable bonds is 4. The number of carbonyl (C=O) groups is 1. The van der Waals surface area contributed by atoms with Crippen LogP contribution in [0.5, 0.6) is 0 Å². The van der Waals surface area contributed by atoms with Crippen LogP contribution in [0.15, 0.2) is 34.1 Å². The SMILES string of the molecule is O=C(O)c1c(Cl)cccc1NCc1cc(Br)cs1. The Kier molecular flexibility index (Phi) is 4.27. The molecule has 0 aliphatic heterocycles. The second-order valence-electron chi connectivity index (χ2n) is 3.55. The molecule has 1 aromatic heterocycles. The maximum absolute atomic E-state index is 11.1. The molecular weight excluding hydrogens is 338 g/mol. The highest BCUT2D eigenvalue weighted by Crippen LogP contribution is 2.26. The fraction of sp³-hybridized carbons (Fsp3) is 0.0833. The van der Waals surface area contributed by atoms with Crippen molar-refractivity contribution in [2.45, 2.75) is 6.54 Å². The van der Waals surface area contributed by atoms with E-state index in [0.29, 0.717) is 12.2 Å². The van der Waals surface area contributed by atoms with Crippen LogP contribution in [0.3, 0.4) is 0 Å². The molecule has 1 heterocycles. The van der Waals surface area contributed by atoms with Gasteiger partial charge in [-0.25, -0.2) is 4.79 Å². The third kappa shape index (κ3) is 3.04. The molecule has 0 bridgehead atoms. The highest BCUT2D eigenvalue weighted by atomic mass is 79.9. The molecule has 6 heteroatoms. The van der Waals surface area contributed by atoms with Gasteiger partial charge in [0.15, 0.2) is 0 Å². The molecular formula is C12H9BrClNO2S. The van der Waals surface area contributed by atoms with E-state index in [0.717, 1.165) is 9.35 Å². The number of carboxylic acid groups (broad SMARTS) is 1. The first-order valence-corrected chi connectivity index (χ1v) is 7.11. The number of anilines is 1. The molecule has 18 heavy (non-hydrogen) atoms. The number of thiophene rings is 1. The maximum Gasteiger partial charge on any atom is 0.339 e. The summed E-state index contributed by atoms with van der Waals surface area (Å²) in [6, 6.07) is 6.99. The lowest BCUT2D eigenvalue weighted by atomic mass is 10.2. The summed E-state index contributed by atoms with van der Waals surface area (Å²) in [5, 5.41) is 14.4. The van der Waals surface area contributed by atoms with Crippen molar-refractivity contribution in [1.82, 2.24) is 0 Å². The second-order valence-corrected chi connectivity index (χ2v) is 5.87. The van der Waals surface area contributed by atoms with Gasteiger partial charge in [0.05, 0.1) is 10.7 Å². The number of benzene rings is 1. The Morgan fingerprint density at radius 2 is 2.28 bits per heavy atom. The van der Waals surface area contributed by atoms with Gasteiger partial charge in [-0.15, -0.1) is 11.3 Å². The van der Waals surface area contributed by atoms with Crippen LogP contribution in [-0.2, 0) is 6.54 Å². The van der Waals surface area contributed by atoms with Gasteiger partial charge in [0, 0.05) is 21.3 Å². The number of halogens is 2. The van der Waals surface area contributed by atoms with Crippen molar-refractivity contribution in [3.05, 3.63) is 49.6 Å². The second kappa shape index (κ2) is 5.73. The zero-order chi connectivity index (χ0) is 13.1. The first-order chi connectivity index (χ1) is 8.58. The van der Waals surface area contributed by atoms with Crippen molar-refractivity contribution in [2.24, 2.45) is 0 Å². The van der Waals surface area contributed by atoms with Gasteiger partial charge in [-0.1, -0.05) is 17.7 Å². The lowest BCUT2D eigenvalue weighted by molar-refractivity contribution is 0.0698. The van der Waals surface area contributed by atoms with Crippen molar-refractivity contribution in [2.75, 3.05) is 5.32 Å². The largest absolute Gasteiger partial charge is 0.478 e. The average molecular weight is 347 g/mol. The topological polar surface area (TPSA) is 49.3 Å². The van der Waals surface area contributed by atoms with Crippen molar-refractivity contribution >= 4 is 50.5 Å². The molecule has 0 aliphatic carbocycles. The number of hydrogen-bond donors (Lipinski definition) is 2. The summed E-state index contributed by atoms with van der Waals surface area (Å²) < 4.78 is 1.02. The van der Waals surface area contributed by atoms with Gasteiger partial charge in [-0.05, 0) is 34.1 Å². The first kappa shape index (κ1) is 13.4. The van der Waals surface area contributed by atoms with Crippen LogP contribution in [0.2, 0.25) is 5.02 Å². The van der Waals surface area contributed by atoms with Gasteiger partial charge in [-0.2, -0.15) is 0 Å². The van der Waals surface area contributed by atoms with Crippen molar-refractivity contribution in [3.63, 3.8) is 0 Å². The predicted octanol–water partition coefficient (Wildman–Crippen LogP) is 4.47. The van der Waals surface area contributed by atoms with E-state index in [1.807, 2.05) is 11.4 Å². The van der Waals surface area contributed by atoms with Crippen LogP contribution >= 0.6 is 38.9 Å². The molecule has 0 radical (unpaired) electrons. The molecule has 0 fully saturated rings. The number of hydrogen-bond acceptors (Lipinski definition) is 3. The summed E-state index contributed by atoms with van der Waals surface area (Å²) in [6.45, 7) is 0.566. The van der Waals surface area contributed by atoms with Crippen LogP contribution in [0.25, 0.3) is 0 Å². The van der Waals surface area contributed by atoms with Gasteiger partial charge in [-0.3, -0.25) is 0 Å². The van der Waals surface area contributed by atoms with Crippen molar-refractivity contribution in [3.8, 4) is 0 Å². The molecule has 0 amide bonds. The molecule has 0 aliphatic rings. The Morgan fingerprint density at radius 3 is 2.89 bits per heavy atom. The highest BCUT2D eigenvalue weighted by Gasteiger charge is 2.14. The van der Waals surface area contributed by atoms with E-state index in [-0.39, 0.29) is 10.6 Å². The monoisotopic (exact) mass is 345 g/mol. The summed E-state index contributed by atoms with van der Waals surface area (Å²) in [6.07, 6.45) is 0. The fourth-order valence-electron chi connectivity index (χ4n) is 1.52. The lowest BCUT2D eigenvalue weighted by Gasteiger charge is -2.09. The number of carboxylic acids is 1. The van der Waals surface area contributed by atoms with Gasteiger partial charge in [0.2, 0.25) is 0 Å². The minimum atomic E-state index is -1.03. The summed E-state index contributed by atoms with van der Waals surface area (Å²) in [4.78, 5) is 12.2. The van der Waals surface area contributed by atoms with E-state index in [1.165, 1.54) is 0 Å². The normalized spacial score (nSPS) is 10.3. The molecule has 2 N–H and O–H groups in total. The first-order valence-electron chi connectivity index (χ1n) is 5.06. The molecule has 2 rings (SSSR count). The van der Waals surface area contributed by atoms with Gasteiger partial charge >= 0.3 is 5.97 Å². The minimum Gasteiger partial charge on any atom is -0.478 e. The molecule has 0 unspecified atom stereocenters. The van der Waals surface area contributed by atoms with Gasteiger partial charge < -0.3 is 10.4 Å². The van der Waals surface area contributed by atoms with E-state index < -0.39 is 5.97 Å². The molecule has 0 spiro atoms. The summed E-state index contributed by atoms with van der Waals surface area (Å²) in [5.41, 5.74) is 0.634. The zero-order valence-electron chi connectivity index (χ0n) is 9.11. The van der Waals surface area contributed by atoms with E-state index in [2.05, 4.69) is 21.2 Å². The minimum absolute atomic E-state index is 0.106. The lowest BCUT2D eigenvalue weighted by Crippen LogP contribution is -2.06. The van der Waals surface area contributed by atoms with Crippen LogP contribution in [-0.4, -0.2) is 11.1 Å². The Morgan fingerprint density at radius 1 is 1.50 bits per heavy atom. The quantitative estimate of drug-likeness (QED) is 0.858. The Hall–Kier alpha value is -1.04. The Balaban J connectivity index is 2.19. The summed E-state index contributed by atoms with van der Waals surface area (Å²) in [5.74, 6) is -1.03. The van der Waals surface area contributed by atoms with E-state index in [1.54, 1.807) is 29.5 Å². The molecule has 0 atom stereocenters. The Labute approximate surface area is 122 Å². The summed E-state index contributed by atoms with van der Waals surface area (Å²) in [7, 11) is 0. The van der Waals surface area contributed by atoms with Crippen molar-refractivity contribution < 1.29 is 9.90 Å². The number of aromatic carboxylic acids is 1. The zero-order valence-corrected chi connectivity index (χ0v) is 12.3. The van der Waals surface area contributed by atoms with Gasteiger partial charge in [0.1, 0.15) is 5.56 Å². The summed E-state index contributed by atoms with van der Waals surface area (Å²) >= 11 is 10.9.